The molecule has 7 nitrogen and oxygen atoms in total. The second-order valence-corrected chi connectivity index (χ2v) is 7.15. The van der Waals surface area contributed by atoms with Crippen LogP contribution in [0.25, 0.3) is 11.3 Å². The average Bonchev–Trinajstić information content (AvgIpc) is 3.21. The number of amides is 1. The van der Waals surface area contributed by atoms with Gasteiger partial charge in [-0.05, 0) is 44.8 Å². The van der Waals surface area contributed by atoms with Crippen molar-refractivity contribution in [1.29, 1.82) is 0 Å². The molecule has 27 heavy (non-hydrogen) atoms. The predicted molar refractivity (Wildman–Crippen MR) is 106 cm³/mol. The minimum atomic E-state index is -0.204. The Labute approximate surface area is 163 Å². The van der Waals surface area contributed by atoms with Crippen LogP contribution in [0.4, 0.5) is 0 Å². The van der Waals surface area contributed by atoms with Gasteiger partial charge in [0, 0.05) is 30.4 Å². The first-order valence-corrected chi connectivity index (χ1v) is 8.99. The highest BCUT2D eigenvalue weighted by molar-refractivity contribution is 6.30. The molecule has 0 saturated carbocycles. The van der Waals surface area contributed by atoms with Gasteiger partial charge in [-0.1, -0.05) is 23.7 Å². The minimum absolute atomic E-state index is 0.00982. The minimum Gasteiger partial charge on any atom is -0.349 e. The van der Waals surface area contributed by atoms with Crippen molar-refractivity contribution >= 4 is 17.5 Å². The van der Waals surface area contributed by atoms with Gasteiger partial charge in [-0.3, -0.25) is 14.6 Å². The molecular weight excluding hydrogens is 364 g/mol. The maximum absolute atomic E-state index is 12.6. The van der Waals surface area contributed by atoms with Gasteiger partial charge in [0.05, 0.1) is 17.4 Å². The number of aryl methyl sites for hydroxylation is 2. The summed E-state index contributed by atoms with van der Waals surface area (Å²) in [6.07, 6.45) is 1.88. The normalized spacial score (nSPS) is 12.4. The van der Waals surface area contributed by atoms with E-state index in [4.69, 9.17) is 11.6 Å². The molecule has 0 aliphatic carbocycles. The number of H-pyrrole nitrogens is 1. The monoisotopic (exact) mass is 386 g/mol. The van der Waals surface area contributed by atoms with E-state index in [1.807, 2.05) is 63.4 Å². The molecule has 0 radical (unpaired) electrons. The highest BCUT2D eigenvalue weighted by Gasteiger charge is 2.18. The first-order chi connectivity index (χ1) is 12.8. The average molecular weight is 387 g/mol. The topological polar surface area (TPSA) is 78.8 Å². The Morgan fingerprint density at radius 3 is 2.78 bits per heavy atom. The Kier molecular flexibility index (Phi) is 5.62. The summed E-state index contributed by atoms with van der Waals surface area (Å²) in [5, 5.41) is 15.0. The van der Waals surface area contributed by atoms with Gasteiger partial charge in [0.15, 0.2) is 0 Å². The van der Waals surface area contributed by atoms with Gasteiger partial charge in [-0.15, -0.1) is 0 Å². The lowest BCUT2D eigenvalue weighted by atomic mass is 10.1. The fraction of sp³-hybridized carbons (Fsp3) is 0.316. The Hall–Kier alpha value is -2.64. The van der Waals surface area contributed by atoms with Gasteiger partial charge >= 0.3 is 0 Å². The van der Waals surface area contributed by atoms with Gasteiger partial charge in [-0.2, -0.15) is 10.2 Å². The number of carbonyl (C=O) groups excluding carboxylic acids is 1. The lowest BCUT2D eigenvalue weighted by Crippen LogP contribution is -2.34. The van der Waals surface area contributed by atoms with Gasteiger partial charge in [0.25, 0.3) is 5.91 Å². The summed E-state index contributed by atoms with van der Waals surface area (Å²) in [5.74, 6) is -0.204. The Balaban J connectivity index is 1.71. The highest BCUT2D eigenvalue weighted by atomic mass is 35.5. The first kappa shape index (κ1) is 19.1. The Morgan fingerprint density at radius 2 is 2.15 bits per heavy atom. The van der Waals surface area contributed by atoms with E-state index >= 15 is 0 Å². The third kappa shape index (κ3) is 4.37. The number of nitrogens with one attached hydrogen (secondary N) is 2. The number of rotatable bonds is 6. The van der Waals surface area contributed by atoms with E-state index in [1.165, 1.54) is 0 Å². The number of benzene rings is 1. The van der Waals surface area contributed by atoms with Crippen LogP contribution in [0.1, 0.15) is 27.8 Å². The second kappa shape index (κ2) is 7.94. The smallest absolute Gasteiger partial charge is 0.269 e. The van der Waals surface area contributed by atoms with Crippen LogP contribution < -0.4 is 5.32 Å². The molecule has 1 unspecified atom stereocenters. The van der Waals surface area contributed by atoms with Crippen molar-refractivity contribution in [2.24, 2.45) is 7.05 Å². The van der Waals surface area contributed by atoms with Crippen molar-refractivity contribution in [2.45, 2.75) is 13.0 Å². The molecular formula is C19H23ClN6O. The number of halogens is 1. The SMILES string of the molecule is Cc1nn(C)cc1-c1cc(C(=O)NCC(c2cccc(Cl)c2)N(C)C)[nH]n1. The van der Waals surface area contributed by atoms with Gasteiger partial charge in [0.1, 0.15) is 5.69 Å². The molecule has 1 atom stereocenters. The van der Waals surface area contributed by atoms with E-state index in [9.17, 15) is 4.79 Å². The quantitative estimate of drug-likeness (QED) is 0.682. The van der Waals surface area contributed by atoms with E-state index < -0.39 is 0 Å². The van der Waals surface area contributed by atoms with Crippen molar-refractivity contribution in [3.63, 3.8) is 0 Å². The molecule has 2 aromatic heterocycles. The summed E-state index contributed by atoms with van der Waals surface area (Å²) in [6.45, 7) is 2.36. The van der Waals surface area contributed by atoms with Gasteiger partial charge in [-0.25, -0.2) is 0 Å². The summed E-state index contributed by atoms with van der Waals surface area (Å²) in [4.78, 5) is 14.6. The molecule has 0 aliphatic rings. The lowest BCUT2D eigenvalue weighted by molar-refractivity contribution is 0.0937. The summed E-state index contributed by atoms with van der Waals surface area (Å²) < 4.78 is 1.73. The lowest BCUT2D eigenvalue weighted by Gasteiger charge is -2.25. The number of hydrogen-bond acceptors (Lipinski definition) is 4. The number of aromatic amines is 1. The van der Waals surface area contributed by atoms with Crippen molar-refractivity contribution < 1.29 is 4.79 Å². The van der Waals surface area contributed by atoms with Crippen molar-refractivity contribution in [3.05, 3.63) is 58.5 Å². The molecule has 1 aromatic carbocycles. The molecule has 142 valence electrons. The maximum atomic E-state index is 12.6. The van der Waals surface area contributed by atoms with Crippen LogP contribution in [0.15, 0.2) is 36.5 Å². The molecule has 0 saturated heterocycles. The number of likely N-dealkylation sites (N-methyl/N-ethyl adjacent to an activating group) is 1. The number of nitrogens with zero attached hydrogens (tertiary/aromatic N) is 4. The Bertz CT molecular complexity index is 945. The first-order valence-electron chi connectivity index (χ1n) is 8.61. The molecule has 0 fully saturated rings. The molecule has 2 N–H and O–H groups in total. The predicted octanol–water partition coefficient (Wildman–Crippen LogP) is 2.80. The molecule has 0 aliphatic heterocycles. The fourth-order valence-electron chi connectivity index (χ4n) is 3.02. The second-order valence-electron chi connectivity index (χ2n) is 6.71. The zero-order valence-corrected chi connectivity index (χ0v) is 16.6. The van der Waals surface area contributed by atoms with E-state index in [2.05, 4.69) is 20.6 Å². The van der Waals surface area contributed by atoms with Gasteiger partial charge < -0.3 is 10.2 Å². The Morgan fingerprint density at radius 1 is 1.37 bits per heavy atom. The van der Waals surface area contributed by atoms with Crippen molar-refractivity contribution in [1.82, 2.24) is 30.2 Å². The fourth-order valence-corrected chi connectivity index (χ4v) is 3.22. The molecule has 3 rings (SSSR count). The van der Waals surface area contributed by atoms with E-state index in [1.54, 1.807) is 10.7 Å². The van der Waals surface area contributed by atoms with E-state index in [0.717, 1.165) is 16.8 Å². The standard InChI is InChI=1S/C19H23ClN6O/c1-12-15(11-26(4)24-12)16-9-17(23-22-16)19(27)21-10-18(25(2)3)13-6-5-7-14(20)8-13/h5-9,11,18H,10H2,1-4H3,(H,21,27)(H,22,23). The van der Waals surface area contributed by atoms with Crippen LogP contribution in [0, 0.1) is 6.92 Å². The van der Waals surface area contributed by atoms with Crippen LogP contribution in [-0.4, -0.2) is 51.4 Å². The third-order valence-electron chi connectivity index (χ3n) is 4.42. The summed E-state index contributed by atoms with van der Waals surface area (Å²) in [5.41, 5.74) is 3.92. The largest absolute Gasteiger partial charge is 0.349 e. The van der Waals surface area contributed by atoms with E-state index in [-0.39, 0.29) is 11.9 Å². The molecule has 3 aromatic rings. The summed E-state index contributed by atoms with van der Waals surface area (Å²) in [7, 11) is 5.79. The van der Waals surface area contributed by atoms with Crippen LogP contribution in [0.2, 0.25) is 5.02 Å². The molecule has 1 amide bonds. The maximum Gasteiger partial charge on any atom is 0.269 e. The molecule has 8 heteroatoms. The zero-order chi connectivity index (χ0) is 19.6. The number of hydrogen-bond donors (Lipinski definition) is 2. The summed E-state index contributed by atoms with van der Waals surface area (Å²) in [6, 6.07) is 9.41. The van der Waals surface area contributed by atoms with Crippen LogP contribution >= 0.6 is 11.6 Å². The van der Waals surface area contributed by atoms with Gasteiger partial charge in [0.2, 0.25) is 0 Å². The van der Waals surface area contributed by atoms with Crippen LogP contribution in [-0.2, 0) is 7.05 Å². The number of aromatic nitrogens is 4. The number of carbonyl (C=O) groups is 1. The molecule has 0 spiro atoms. The van der Waals surface area contributed by atoms with Crippen molar-refractivity contribution in [2.75, 3.05) is 20.6 Å². The molecule has 2 heterocycles. The van der Waals surface area contributed by atoms with Crippen LogP contribution in [0.3, 0.4) is 0 Å². The highest BCUT2D eigenvalue weighted by Crippen LogP contribution is 2.22. The van der Waals surface area contributed by atoms with Crippen molar-refractivity contribution in [3.8, 4) is 11.3 Å². The van der Waals surface area contributed by atoms with E-state index in [0.29, 0.717) is 23.0 Å². The molecule has 0 bridgehead atoms. The zero-order valence-electron chi connectivity index (χ0n) is 15.8. The summed E-state index contributed by atoms with van der Waals surface area (Å²) >= 11 is 6.10. The third-order valence-corrected chi connectivity index (χ3v) is 4.66. The van der Waals surface area contributed by atoms with Crippen LogP contribution in [0.5, 0.6) is 0 Å².